The number of carbonyl (C=O) groups excluding carboxylic acids is 1. The summed E-state index contributed by atoms with van der Waals surface area (Å²) in [6.07, 6.45) is -0.0579. The van der Waals surface area contributed by atoms with Crippen molar-refractivity contribution in [3.63, 3.8) is 0 Å². The van der Waals surface area contributed by atoms with Gasteiger partial charge in [-0.2, -0.15) is 5.26 Å². The quantitative estimate of drug-likeness (QED) is 0.609. The third-order valence-electron chi connectivity index (χ3n) is 2.21. The Bertz CT molecular complexity index is 508. The molecule has 0 aromatic heterocycles. The molecule has 1 unspecified atom stereocenters. The molecule has 0 aliphatic rings. The zero-order chi connectivity index (χ0) is 13.0. The first-order valence-electron chi connectivity index (χ1n) is 4.78. The smallest absolute Gasteiger partial charge is 0.274 e. The highest BCUT2D eigenvalue weighted by Gasteiger charge is 2.23. The third-order valence-corrected chi connectivity index (χ3v) is 2.44. The van der Waals surface area contributed by atoms with E-state index in [4.69, 9.17) is 16.9 Å². The highest BCUT2D eigenvalue weighted by Crippen LogP contribution is 2.31. The molecular weight excluding hydrogens is 244 g/mol. The summed E-state index contributed by atoms with van der Waals surface area (Å²) in [5.41, 5.74) is -0.0117. The number of nitriles is 1. The van der Waals surface area contributed by atoms with Crippen LogP contribution in [0.3, 0.4) is 0 Å². The van der Waals surface area contributed by atoms with Crippen LogP contribution in [0, 0.1) is 21.4 Å². The second kappa shape index (κ2) is 5.41. The number of nitro benzene ring substituents is 1. The van der Waals surface area contributed by atoms with Gasteiger partial charge < -0.3 is 0 Å². The van der Waals surface area contributed by atoms with Crippen molar-refractivity contribution in [2.45, 2.75) is 19.3 Å². The molecule has 0 N–H and O–H groups in total. The van der Waals surface area contributed by atoms with Crippen LogP contribution in [0.5, 0.6) is 0 Å². The zero-order valence-electron chi connectivity index (χ0n) is 9.01. The maximum absolute atomic E-state index is 11.0. The number of Topliss-reactive ketones (excluding diaryl/α,β-unsaturated/α-hetero) is 1. The number of nitrogens with zero attached hydrogens (tertiary/aromatic N) is 2. The van der Waals surface area contributed by atoms with Crippen molar-refractivity contribution in [3.05, 3.63) is 38.9 Å². The van der Waals surface area contributed by atoms with E-state index in [-0.39, 0.29) is 23.5 Å². The van der Waals surface area contributed by atoms with Gasteiger partial charge in [-0.3, -0.25) is 14.9 Å². The van der Waals surface area contributed by atoms with Crippen LogP contribution in [-0.4, -0.2) is 10.7 Å². The normalized spacial score (nSPS) is 11.6. The molecular formula is C11H9ClN2O3. The van der Waals surface area contributed by atoms with Crippen molar-refractivity contribution in [1.29, 1.82) is 5.26 Å². The van der Waals surface area contributed by atoms with E-state index >= 15 is 0 Å². The fraction of sp³-hybridized carbons (Fsp3) is 0.273. The predicted molar refractivity (Wildman–Crippen MR) is 61.8 cm³/mol. The molecule has 0 aliphatic heterocycles. The van der Waals surface area contributed by atoms with Crippen molar-refractivity contribution in [1.82, 2.24) is 0 Å². The Morgan fingerprint density at radius 3 is 2.76 bits per heavy atom. The molecule has 88 valence electrons. The Morgan fingerprint density at radius 1 is 1.65 bits per heavy atom. The molecule has 0 aliphatic carbocycles. The third kappa shape index (κ3) is 3.26. The Balaban J connectivity index is 3.26. The van der Waals surface area contributed by atoms with Crippen LogP contribution in [-0.2, 0) is 4.79 Å². The molecule has 17 heavy (non-hydrogen) atoms. The summed E-state index contributed by atoms with van der Waals surface area (Å²) < 4.78 is 0. The Morgan fingerprint density at radius 2 is 2.29 bits per heavy atom. The maximum Gasteiger partial charge on any atom is 0.274 e. The van der Waals surface area contributed by atoms with Crippen molar-refractivity contribution < 1.29 is 9.72 Å². The first-order chi connectivity index (χ1) is 7.95. The number of nitro groups is 1. The molecule has 6 heteroatoms. The average Bonchev–Trinajstić information content (AvgIpc) is 2.25. The van der Waals surface area contributed by atoms with Gasteiger partial charge >= 0.3 is 0 Å². The lowest BCUT2D eigenvalue weighted by molar-refractivity contribution is -0.385. The van der Waals surface area contributed by atoms with Crippen LogP contribution >= 0.6 is 11.6 Å². The molecule has 0 radical (unpaired) electrons. The molecule has 0 fully saturated rings. The van der Waals surface area contributed by atoms with Gasteiger partial charge in [0.25, 0.3) is 5.69 Å². The van der Waals surface area contributed by atoms with Crippen molar-refractivity contribution >= 4 is 23.1 Å². The first-order valence-corrected chi connectivity index (χ1v) is 5.16. The van der Waals surface area contributed by atoms with Crippen molar-refractivity contribution in [2.75, 3.05) is 0 Å². The number of rotatable bonds is 4. The molecule has 0 spiro atoms. The monoisotopic (exact) mass is 252 g/mol. The zero-order valence-corrected chi connectivity index (χ0v) is 9.77. The van der Waals surface area contributed by atoms with Gasteiger partial charge in [0.1, 0.15) is 5.78 Å². The molecule has 1 atom stereocenters. The van der Waals surface area contributed by atoms with Gasteiger partial charge in [-0.25, -0.2) is 0 Å². The van der Waals surface area contributed by atoms with Crippen molar-refractivity contribution in [2.24, 2.45) is 0 Å². The molecule has 5 nitrogen and oxygen atoms in total. The minimum atomic E-state index is -0.841. The molecule has 0 bridgehead atoms. The van der Waals surface area contributed by atoms with Gasteiger partial charge in [0, 0.05) is 23.1 Å². The van der Waals surface area contributed by atoms with Crippen molar-refractivity contribution in [3.8, 4) is 6.07 Å². The van der Waals surface area contributed by atoms with Crippen LogP contribution in [0.15, 0.2) is 18.2 Å². The molecule has 1 aromatic rings. The van der Waals surface area contributed by atoms with Crippen LogP contribution in [0.4, 0.5) is 5.69 Å². The number of ketones is 1. The fourth-order valence-electron chi connectivity index (χ4n) is 1.48. The summed E-state index contributed by atoms with van der Waals surface area (Å²) in [4.78, 5) is 21.2. The van der Waals surface area contributed by atoms with E-state index in [1.165, 1.54) is 25.1 Å². The summed E-state index contributed by atoms with van der Waals surface area (Å²) in [5.74, 6) is -1.04. The van der Waals surface area contributed by atoms with E-state index in [2.05, 4.69) is 0 Å². The molecule has 0 saturated heterocycles. The maximum atomic E-state index is 11.0. The predicted octanol–water partition coefficient (Wildman–Crippen LogP) is 2.83. The van der Waals surface area contributed by atoms with Gasteiger partial charge in [-0.15, -0.1) is 0 Å². The molecule has 1 rings (SSSR count). The van der Waals surface area contributed by atoms with E-state index in [1.807, 2.05) is 6.07 Å². The summed E-state index contributed by atoms with van der Waals surface area (Å²) in [7, 11) is 0. The number of hydrogen-bond donors (Lipinski definition) is 0. The number of benzene rings is 1. The Hall–Kier alpha value is -1.93. The van der Waals surface area contributed by atoms with Crippen LogP contribution in [0.2, 0.25) is 5.02 Å². The van der Waals surface area contributed by atoms with E-state index in [0.717, 1.165) is 0 Å². The van der Waals surface area contributed by atoms with Gasteiger partial charge in [0.2, 0.25) is 0 Å². The minimum Gasteiger partial charge on any atom is -0.300 e. The number of halogens is 1. The van der Waals surface area contributed by atoms with E-state index in [0.29, 0.717) is 5.02 Å². The molecule has 0 heterocycles. The van der Waals surface area contributed by atoms with Gasteiger partial charge in [0.15, 0.2) is 0 Å². The lowest BCUT2D eigenvalue weighted by Gasteiger charge is -2.08. The van der Waals surface area contributed by atoms with Crippen LogP contribution in [0.1, 0.15) is 24.8 Å². The van der Waals surface area contributed by atoms with Crippen LogP contribution < -0.4 is 0 Å². The Kier molecular flexibility index (Phi) is 4.18. The topological polar surface area (TPSA) is 84.0 Å². The minimum absolute atomic E-state index is 0.0579. The summed E-state index contributed by atoms with van der Waals surface area (Å²) in [6, 6.07) is 5.86. The van der Waals surface area contributed by atoms with Gasteiger partial charge in [-0.1, -0.05) is 11.6 Å². The van der Waals surface area contributed by atoms with E-state index in [1.54, 1.807) is 0 Å². The fourth-order valence-corrected chi connectivity index (χ4v) is 1.66. The lowest BCUT2D eigenvalue weighted by atomic mass is 9.94. The first kappa shape index (κ1) is 13.1. The highest BCUT2D eigenvalue weighted by molar-refractivity contribution is 6.30. The summed E-state index contributed by atoms with van der Waals surface area (Å²) >= 11 is 5.74. The molecule has 0 amide bonds. The molecule has 1 aromatic carbocycles. The summed E-state index contributed by atoms with van der Waals surface area (Å²) in [5, 5.41) is 20.1. The largest absolute Gasteiger partial charge is 0.300 e. The van der Waals surface area contributed by atoms with Gasteiger partial charge in [0.05, 0.1) is 16.9 Å². The van der Waals surface area contributed by atoms with E-state index < -0.39 is 10.8 Å². The highest BCUT2D eigenvalue weighted by atomic mass is 35.5. The average molecular weight is 253 g/mol. The SMILES string of the molecule is CC(=O)CC(C#N)c1cc(Cl)ccc1[N+](=O)[O-]. The number of carbonyl (C=O) groups is 1. The standard InChI is InChI=1S/C11H9ClN2O3/c1-7(15)4-8(6-13)10-5-9(12)2-3-11(10)14(16)17/h2-3,5,8H,4H2,1H3. The van der Waals surface area contributed by atoms with E-state index in [9.17, 15) is 14.9 Å². The Labute approximate surface area is 103 Å². The summed E-state index contributed by atoms with van der Waals surface area (Å²) in [6.45, 7) is 1.33. The van der Waals surface area contributed by atoms with Crippen LogP contribution in [0.25, 0.3) is 0 Å². The second-order valence-electron chi connectivity index (χ2n) is 3.55. The molecule has 0 saturated carbocycles. The van der Waals surface area contributed by atoms with Gasteiger partial charge in [-0.05, 0) is 19.1 Å². The second-order valence-corrected chi connectivity index (χ2v) is 3.98. The lowest BCUT2D eigenvalue weighted by Crippen LogP contribution is -2.05. The number of hydrogen-bond acceptors (Lipinski definition) is 4.